The molecule has 0 saturated heterocycles. The van der Waals surface area contributed by atoms with Crippen molar-refractivity contribution in [1.29, 1.82) is 0 Å². The second kappa shape index (κ2) is 15.0. The maximum absolute atomic E-state index is 9.26. The normalized spacial score (nSPS) is 15.0. The van der Waals surface area contributed by atoms with E-state index in [1.54, 1.807) is 6.07 Å². The van der Waals surface area contributed by atoms with Crippen LogP contribution in [0.5, 0.6) is 11.6 Å². The van der Waals surface area contributed by atoms with Crippen LogP contribution in [0.3, 0.4) is 0 Å². The van der Waals surface area contributed by atoms with Crippen molar-refractivity contribution in [3.8, 4) is 67.5 Å². The third-order valence-corrected chi connectivity index (χ3v) is 14.1. The number of fused-ring (bicyclic) bond motifs is 10. The van der Waals surface area contributed by atoms with Gasteiger partial charge in [0, 0.05) is 11.3 Å². The number of ether oxygens (including phenoxy) is 1. The van der Waals surface area contributed by atoms with Gasteiger partial charge in [-0.25, -0.2) is 0 Å². The van der Waals surface area contributed by atoms with Crippen LogP contribution < -0.4 is 19.8 Å². The molecule has 0 amide bonds. The fourth-order valence-corrected chi connectivity index (χ4v) is 11.2. The molecule has 6 nitrogen and oxygen atoms in total. The molecule has 3 aliphatic rings. The van der Waals surface area contributed by atoms with E-state index in [1.165, 1.54) is 22.7 Å². The number of aromatic nitrogens is 3. The number of aryl methyl sites for hydroxylation is 1. The standard InChI is InChI=1S/C59H42BN5O.Pt/c1-38-33-48(39-17-6-5-7-18-39)57(49(34-38)40-19-14-20-41(35-40)59(2,3)4)63-37-62(51-27-10-11-28-52(51)63)42-21-15-22-43(36-42)66-55-32-31-47-46-25-16-24-45-44-23-8-9-26-50(44)64-53-29-12-13-30-54(53)65(58(47)61-55)60(64)56(45)46;/h5-29,31-35H,1-4H3;/q-2;/i1D3,5D,6D,7D,17D,18D;. The van der Waals surface area contributed by atoms with E-state index in [0.717, 1.165) is 45.1 Å². The summed E-state index contributed by atoms with van der Waals surface area (Å²) in [5.41, 5.74) is 13.2. The van der Waals surface area contributed by atoms with Crippen molar-refractivity contribution in [3.05, 3.63) is 209 Å². The van der Waals surface area contributed by atoms with Gasteiger partial charge >= 0.3 is 343 Å². The molecule has 0 saturated carbocycles. The summed E-state index contributed by atoms with van der Waals surface area (Å²) in [6.07, 6.45) is 0. The molecule has 0 aliphatic carbocycles. The van der Waals surface area contributed by atoms with E-state index in [0.29, 0.717) is 43.5 Å². The van der Waals surface area contributed by atoms with Crippen LogP contribution >= 0.6 is 0 Å². The van der Waals surface area contributed by atoms with Crippen molar-refractivity contribution in [1.82, 2.24) is 14.1 Å². The third-order valence-electron chi connectivity index (χ3n) is 13.0. The molecule has 8 heteroatoms. The summed E-state index contributed by atoms with van der Waals surface area (Å²) >= 11 is 2.24. The minimum absolute atomic E-state index is 0.0415. The molecule has 0 radical (unpaired) electrons. The Labute approximate surface area is 412 Å². The zero-order valence-electron chi connectivity index (χ0n) is 44.5. The van der Waals surface area contributed by atoms with Crippen LogP contribution in [-0.4, -0.2) is 21.1 Å². The molecule has 10 aromatic rings. The van der Waals surface area contributed by atoms with Gasteiger partial charge in [0.2, 0.25) is 0 Å². The molecule has 0 atom stereocenters. The van der Waals surface area contributed by atoms with Crippen molar-refractivity contribution in [2.75, 3.05) is 9.62 Å². The monoisotopic (exact) mass is 1050 g/mol. The molecule has 13 rings (SSSR count). The SMILES string of the molecule is [2H]c1c([2H])c([2H])c(-c2cc(C([2H])([2H])[2H])cc(-c3cccc(C(C)(C)C)c3)c2-n2[c](=[Pt])n(-c3[c-]c(Oc4ccc5c(n4)N4B6c7c(cccc7-5)-c5ccccc5N6c5ccc[c-]c54)ccc3)c3ccccc32)c([2H])c1[2H]. The Morgan fingerprint density at radius 1 is 0.657 bits per heavy atom. The third kappa shape index (κ3) is 6.14. The summed E-state index contributed by atoms with van der Waals surface area (Å²) in [5, 5.41) is 0. The molecule has 67 heavy (non-hydrogen) atoms. The fourth-order valence-electron chi connectivity index (χ4n) is 10.1. The van der Waals surface area contributed by atoms with E-state index in [9.17, 15) is 2.74 Å². The number of para-hydroxylation sites is 4. The average molecular weight is 1050 g/mol. The topological polar surface area (TPSA) is 38.5 Å². The molecule has 8 aromatic carbocycles. The average Bonchev–Trinajstić information content (AvgIpc) is 3.96. The van der Waals surface area contributed by atoms with Gasteiger partial charge in [0.15, 0.2) is 0 Å². The molecular formula is C59H42BN5OPt-2. The molecule has 0 bridgehead atoms. The Bertz CT molecular complexity index is 4140. The van der Waals surface area contributed by atoms with Gasteiger partial charge in [0.1, 0.15) is 0 Å². The van der Waals surface area contributed by atoms with Crippen LogP contribution in [0.1, 0.15) is 42.9 Å². The van der Waals surface area contributed by atoms with E-state index < -0.39 is 37.1 Å². The van der Waals surface area contributed by atoms with E-state index in [4.69, 9.17) is 17.9 Å². The molecule has 0 fully saturated rings. The fraction of sp³-hybridized carbons (Fsp3) is 0.0847. The van der Waals surface area contributed by atoms with Crippen molar-refractivity contribution in [2.24, 2.45) is 0 Å². The molecule has 2 aromatic heterocycles. The first-order chi connectivity index (χ1) is 36.0. The predicted octanol–water partition coefficient (Wildman–Crippen LogP) is 13.9. The van der Waals surface area contributed by atoms with Crippen molar-refractivity contribution < 1.29 is 35.1 Å². The number of hydrogen-bond donors (Lipinski definition) is 0. The molecule has 0 N–H and O–H groups in total. The summed E-state index contributed by atoms with van der Waals surface area (Å²) < 4.78 is 82.0. The number of hydrogen-bond acceptors (Lipinski definition) is 4. The van der Waals surface area contributed by atoms with Crippen LogP contribution in [0, 0.1) is 22.8 Å². The van der Waals surface area contributed by atoms with E-state index in [2.05, 4.69) is 116 Å². The number of anilines is 4. The molecular weight excluding hydrogens is 1000 g/mol. The molecule has 3 aliphatic heterocycles. The van der Waals surface area contributed by atoms with Crippen LogP contribution in [0.15, 0.2) is 182 Å². The first-order valence-electron chi connectivity index (χ1n) is 26.1. The van der Waals surface area contributed by atoms with Crippen molar-refractivity contribution in [3.63, 3.8) is 0 Å². The van der Waals surface area contributed by atoms with E-state index in [-0.39, 0.29) is 29.1 Å². The second-order valence-corrected chi connectivity index (χ2v) is 19.0. The predicted molar refractivity (Wildman–Crippen MR) is 269 cm³/mol. The first kappa shape index (κ1) is 32.2. The zero-order valence-corrected chi connectivity index (χ0v) is 38.7. The van der Waals surface area contributed by atoms with Crippen molar-refractivity contribution in [2.45, 2.75) is 33.0 Å². The Morgan fingerprint density at radius 2 is 1.37 bits per heavy atom. The van der Waals surface area contributed by atoms with Gasteiger partial charge in [-0.2, -0.15) is 12.1 Å². The summed E-state index contributed by atoms with van der Waals surface area (Å²) in [5.74, 6) is 1.53. The summed E-state index contributed by atoms with van der Waals surface area (Å²) in [6, 6.07) is 54.1. The Hall–Kier alpha value is -7.47. The first-order valence-corrected chi connectivity index (χ1v) is 23.2. The zero-order chi connectivity index (χ0) is 52.0. The van der Waals surface area contributed by atoms with Crippen LogP contribution in [0.4, 0.5) is 22.9 Å². The Balaban J connectivity index is 0.985. The molecule has 0 unspecified atom stereocenters. The summed E-state index contributed by atoms with van der Waals surface area (Å²) in [6.45, 7) is 3.50. The Morgan fingerprint density at radius 3 is 2.19 bits per heavy atom. The van der Waals surface area contributed by atoms with Gasteiger partial charge in [0.25, 0.3) is 0 Å². The van der Waals surface area contributed by atoms with Crippen LogP contribution in [0.25, 0.3) is 66.9 Å². The Kier molecular flexibility index (Phi) is 7.23. The molecule has 5 heterocycles. The van der Waals surface area contributed by atoms with Crippen molar-refractivity contribution >= 4 is 46.4 Å². The summed E-state index contributed by atoms with van der Waals surface area (Å²) in [7, 11) is 0. The van der Waals surface area contributed by atoms with Gasteiger partial charge in [0.05, 0.1) is 0 Å². The van der Waals surface area contributed by atoms with E-state index in [1.807, 2.05) is 94.1 Å². The van der Waals surface area contributed by atoms with Crippen LogP contribution in [-0.2, 0) is 24.8 Å². The van der Waals surface area contributed by atoms with Gasteiger partial charge in [-0.1, -0.05) is 30.3 Å². The maximum atomic E-state index is 9.26. The number of rotatable bonds is 6. The van der Waals surface area contributed by atoms with Crippen LogP contribution in [0.2, 0.25) is 0 Å². The minimum atomic E-state index is -2.63. The second-order valence-electron chi connectivity index (χ2n) is 18.0. The number of nitrogens with zero attached hydrogens (tertiary/aromatic N) is 5. The number of imidazole rings is 1. The van der Waals surface area contributed by atoms with E-state index >= 15 is 0 Å². The number of benzene rings is 8. The van der Waals surface area contributed by atoms with Gasteiger partial charge < -0.3 is 0 Å². The quantitative estimate of drug-likeness (QED) is 0.123. The number of pyridine rings is 1. The molecule has 324 valence electrons. The van der Waals surface area contributed by atoms with Gasteiger partial charge in [-0.05, 0) is 11.6 Å². The van der Waals surface area contributed by atoms with Gasteiger partial charge in [-0.3, -0.25) is 0 Å². The van der Waals surface area contributed by atoms with Gasteiger partial charge in [-0.15, -0.1) is 6.07 Å². The molecule has 0 spiro atoms. The summed E-state index contributed by atoms with van der Waals surface area (Å²) in [4.78, 5) is 9.93.